The lowest BCUT2D eigenvalue weighted by Gasteiger charge is -2.24. The van der Waals surface area contributed by atoms with Gasteiger partial charge in [-0.3, -0.25) is 0 Å². The van der Waals surface area contributed by atoms with Crippen LogP contribution in [-0.4, -0.2) is 26.8 Å². The predicted octanol–water partition coefficient (Wildman–Crippen LogP) is 1.94. The van der Waals surface area contributed by atoms with E-state index in [0.717, 1.165) is 36.8 Å². The molecule has 0 aromatic carbocycles. The number of fused-ring (bicyclic) bond motifs is 1. The van der Waals surface area contributed by atoms with Crippen LogP contribution in [0.1, 0.15) is 43.2 Å². The van der Waals surface area contributed by atoms with Crippen LogP contribution in [0.3, 0.4) is 0 Å². The Hall–Kier alpha value is -2.31. The molecule has 0 bridgehead atoms. The largest absolute Gasteiger partial charge is 0.469 e. The second kappa shape index (κ2) is 6.21. The minimum atomic E-state index is -0.182. The molecule has 0 fully saturated rings. The topological polar surface area (TPSA) is 85.0 Å². The third-order valence-corrected chi connectivity index (χ3v) is 3.75. The van der Waals surface area contributed by atoms with Gasteiger partial charge in [0.1, 0.15) is 17.4 Å². The second-order valence-electron chi connectivity index (χ2n) is 5.74. The Balaban J connectivity index is 1.56. The maximum atomic E-state index is 12.2. The number of aryl methyl sites for hydroxylation is 2. The molecule has 2 aromatic rings. The molecule has 0 aliphatic carbocycles. The Labute approximate surface area is 129 Å². The molecule has 0 radical (unpaired) electrons. The van der Waals surface area contributed by atoms with Crippen LogP contribution in [0.5, 0.6) is 0 Å². The van der Waals surface area contributed by atoms with Crippen LogP contribution in [0.4, 0.5) is 4.79 Å². The van der Waals surface area contributed by atoms with Gasteiger partial charge in [-0.05, 0) is 38.8 Å². The maximum Gasteiger partial charge on any atom is 0.315 e. The van der Waals surface area contributed by atoms with E-state index in [1.807, 2.05) is 30.7 Å². The highest BCUT2D eigenvalue weighted by Gasteiger charge is 2.25. The molecule has 3 rings (SSSR count). The summed E-state index contributed by atoms with van der Waals surface area (Å²) < 4.78 is 7.18. The minimum absolute atomic E-state index is 0.00523. The van der Waals surface area contributed by atoms with Crippen LogP contribution >= 0.6 is 0 Å². The zero-order chi connectivity index (χ0) is 15.5. The molecule has 2 amide bonds. The first kappa shape index (κ1) is 14.6. The monoisotopic (exact) mass is 303 g/mol. The molecular formula is C15H21N5O2. The van der Waals surface area contributed by atoms with Crippen LogP contribution in [0.25, 0.3) is 0 Å². The van der Waals surface area contributed by atoms with Gasteiger partial charge in [-0.15, -0.1) is 0 Å². The molecule has 1 aliphatic heterocycles. The number of carbonyl (C=O) groups excluding carboxylic acids is 1. The zero-order valence-electron chi connectivity index (χ0n) is 12.9. The van der Waals surface area contributed by atoms with E-state index in [0.29, 0.717) is 6.42 Å². The number of carbonyl (C=O) groups is 1. The lowest BCUT2D eigenvalue weighted by molar-refractivity contribution is 0.229. The molecule has 0 saturated heterocycles. The van der Waals surface area contributed by atoms with Crippen LogP contribution < -0.4 is 10.6 Å². The lowest BCUT2D eigenvalue weighted by atomic mass is 10.1. The molecule has 7 heteroatoms. The number of hydrogen-bond acceptors (Lipinski definition) is 4. The Kier molecular flexibility index (Phi) is 4.13. The van der Waals surface area contributed by atoms with E-state index in [-0.39, 0.29) is 18.1 Å². The van der Waals surface area contributed by atoms with Gasteiger partial charge in [0.2, 0.25) is 0 Å². The predicted molar refractivity (Wildman–Crippen MR) is 80.3 cm³/mol. The van der Waals surface area contributed by atoms with E-state index in [1.54, 1.807) is 6.26 Å². The number of nitrogens with one attached hydrogen (secondary N) is 2. The van der Waals surface area contributed by atoms with Crippen molar-refractivity contribution in [1.29, 1.82) is 0 Å². The standard InChI is InChI=1S/C15H21N5O2/c1-10(9-12-5-4-8-22-12)16-15(21)18-13-6-3-7-20-14(13)17-11(2)19-20/h4-5,8,10,13H,3,6-7,9H2,1-2H3,(H2,16,18,21)/t10-,13+/m0/s1. The quantitative estimate of drug-likeness (QED) is 0.904. The van der Waals surface area contributed by atoms with E-state index in [2.05, 4.69) is 20.7 Å². The van der Waals surface area contributed by atoms with Gasteiger partial charge in [-0.25, -0.2) is 14.5 Å². The Morgan fingerprint density at radius 3 is 3.23 bits per heavy atom. The Morgan fingerprint density at radius 2 is 2.45 bits per heavy atom. The number of amides is 2. The number of aromatic nitrogens is 3. The van der Waals surface area contributed by atoms with Gasteiger partial charge >= 0.3 is 6.03 Å². The summed E-state index contributed by atoms with van der Waals surface area (Å²) in [6, 6.07) is 3.49. The third kappa shape index (κ3) is 3.29. The molecule has 1 aliphatic rings. The number of nitrogens with zero attached hydrogens (tertiary/aromatic N) is 3. The fourth-order valence-electron chi connectivity index (χ4n) is 2.81. The van der Waals surface area contributed by atoms with Crippen molar-refractivity contribution in [3.63, 3.8) is 0 Å². The summed E-state index contributed by atoms with van der Waals surface area (Å²) in [6.45, 7) is 4.69. The normalized spacial score (nSPS) is 18.5. The minimum Gasteiger partial charge on any atom is -0.469 e. The molecular weight excluding hydrogens is 282 g/mol. The van der Waals surface area contributed by atoms with Crippen LogP contribution in [0.15, 0.2) is 22.8 Å². The third-order valence-electron chi connectivity index (χ3n) is 3.75. The van der Waals surface area contributed by atoms with E-state index in [4.69, 9.17) is 4.42 Å². The summed E-state index contributed by atoms with van der Waals surface area (Å²) >= 11 is 0. The SMILES string of the molecule is Cc1nc2n(n1)CCC[C@H]2NC(=O)N[C@@H](C)Cc1ccco1. The van der Waals surface area contributed by atoms with Gasteiger partial charge in [0, 0.05) is 19.0 Å². The fraction of sp³-hybridized carbons (Fsp3) is 0.533. The molecule has 0 spiro atoms. The van der Waals surface area contributed by atoms with Gasteiger partial charge in [-0.1, -0.05) is 0 Å². The van der Waals surface area contributed by atoms with Crippen molar-refractivity contribution in [3.05, 3.63) is 35.8 Å². The van der Waals surface area contributed by atoms with Gasteiger partial charge in [0.25, 0.3) is 0 Å². The summed E-state index contributed by atoms with van der Waals surface area (Å²) in [5, 5.41) is 10.3. The van der Waals surface area contributed by atoms with Crippen LogP contribution in [0.2, 0.25) is 0 Å². The highest BCUT2D eigenvalue weighted by molar-refractivity contribution is 5.74. The van der Waals surface area contributed by atoms with Gasteiger partial charge in [0.15, 0.2) is 0 Å². The number of urea groups is 1. The Morgan fingerprint density at radius 1 is 1.59 bits per heavy atom. The van der Waals surface area contributed by atoms with Crippen molar-refractivity contribution >= 4 is 6.03 Å². The molecule has 3 heterocycles. The van der Waals surface area contributed by atoms with E-state index >= 15 is 0 Å². The first-order valence-corrected chi connectivity index (χ1v) is 7.62. The number of furan rings is 1. The number of rotatable bonds is 4. The summed E-state index contributed by atoms with van der Waals surface area (Å²) in [7, 11) is 0. The van der Waals surface area contributed by atoms with Gasteiger partial charge in [-0.2, -0.15) is 5.10 Å². The first-order chi connectivity index (χ1) is 10.6. The van der Waals surface area contributed by atoms with E-state index < -0.39 is 0 Å². The summed E-state index contributed by atoms with van der Waals surface area (Å²) in [5.41, 5.74) is 0. The van der Waals surface area contributed by atoms with Crippen LogP contribution in [-0.2, 0) is 13.0 Å². The van der Waals surface area contributed by atoms with Crippen molar-refractivity contribution in [2.24, 2.45) is 0 Å². The first-order valence-electron chi connectivity index (χ1n) is 7.62. The summed E-state index contributed by atoms with van der Waals surface area (Å²) in [5.74, 6) is 2.45. The highest BCUT2D eigenvalue weighted by atomic mass is 16.3. The number of hydrogen-bond donors (Lipinski definition) is 2. The average molecular weight is 303 g/mol. The van der Waals surface area contributed by atoms with Crippen molar-refractivity contribution in [2.75, 3.05) is 0 Å². The second-order valence-corrected chi connectivity index (χ2v) is 5.74. The fourth-order valence-corrected chi connectivity index (χ4v) is 2.81. The van der Waals surface area contributed by atoms with E-state index in [9.17, 15) is 4.79 Å². The van der Waals surface area contributed by atoms with Crippen molar-refractivity contribution in [1.82, 2.24) is 25.4 Å². The van der Waals surface area contributed by atoms with Gasteiger partial charge in [0.05, 0.1) is 12.3 Å². The highest BCUT2D eigenvalue weighted by Crippen LogP contribution is 2.22. The Bertz CT molecular complexity index is 634. The molecule has 0 unspecified atom stereocenters. The molecule has 7 nitrogen and oxygen atoms in total. The maximum absolute atomic E-state index is 12.2. The van der Waals surface area contributed by atoms with Crippen molar-refractivity contribution < 1.29 is 9.21 Å². The van der Waals surface area contributed by atoms with Gasteiger partial charge < -0.3 is 15.1 Å². The van der Waals surface area contributed by atoms with Crippen LogP contribution in [0, 0.1) is 6.92 Å². The molecule has 118 valence electrons. The summed E-state index contributed by atoms with van der Waals surface area (Å²) in [6.07, 6.45) is 4.18. The van der Waals surface area contributed by atoms with Crippen molar-refractivity contribution in [2.45, 2.75) is 51.7 Å². The lowest BCUT2D eigenvalue weighted by Crippen LogP contribution is -2.44. The molecule has 0 saturated carbocycles. The molecule has 2 N–H and O–H groups in total. The zero-order valence-corrected chi connectivity index (χ0v) is 12.9. The van der Waals surface area contributed by atoms with E-state index in [1.165, 1.54) is 0 Å². The molecule has 2 aromatic heterocycles. The summed E-state index contributed by atoms with van der Waals surface area (Å²) in [4.78, 5) is 16.6. The molecule has 22 heavy (non-hydrogen) atoms. The average Bonchev–Trinajstić information content (AvgIpc) is 3.07. The van der Waals surface area contributed by atoms with Crippen molar-refractivity contribution in [3.8, 4) is 0 Å². The molecule has 2 atom stereocenters. The smallest absolute Gasteiger partial charge is 0.315 e.